The van der Waals surface area contributed by atoms with Crippen LogP contribution >= 0.6 is 11.3 Å². The van der Waals surface area contributed by atoms with Crippen molar-refractivity contribution in [2.24, 2.45) is 0 Å². The van der Waals surface area contributed by atoms with Crippen molar-refractivity contribution < 1.29 is 13.9 Å². The lowest BCUT2D eigenvalue weighted by atomic mass is 10.1. The molecule has 0 N–H and O–H groups in total. The zero-order valence-corrected chi connectivity index (χ0v) is 12.8. The van der Waals surface area contributed by atoms with Crippen LogP contribution in [0.15, 0.2) is 18.2 Å². The van der Waals surface area contributed by atoms with Gasteiger partial charge in [0.05, 0.1) is 12.3 Å². The van der Waals surface area contributed by atoms with Gasteiger partial charge in [-0.1, -0.05) is 6.07 Å². The van der Waals surface area contributed by atoms with Gasteiger partial charge in [-0.2, -0.15) is 0 Å². The molecule has 1 aliphatic rings. The van der Waals surface area contributed by atoms with Crippen molar-refractivity contribution in [3.63, 3.8) is 0 Å². The predicted octanol–water partition coefficient (Wildman–Crippen LogP) is 3.85. The molecule has 1 aromatic carbocycles. The van der Waals surface area contributed by atoms with Crippen molar-refractivity contribution in [2.75, 3.05) is 6.61 Å². The Morgan fingerprint density at radius 2 is 2.33 bits per heavy atom. The molecule has 5 heteroatoms. The number of aromatic nitrogens is 1. The second kappa shape index (κ2) is 5.56. The number of hydrogen-bond donors (Lipinski definition) is 0. The summed E-state index contributed by atoms with van der Waals surface area (Å²) in [5.41, 5.74) is 2.60. The van der Waals surface area contributed by atoms with E-state index >= 15 is 0 Å². The molecule has 21 heavy (non-hydrogen) atoms. The Balaban J connectivity index is 1.97. The van der Waals surface area contributed by atoms with E-state index in [4.69, 9.17) is 4.74 Å². The lowest BCUT2D eigenvalue weighted by Crippen LogP contribution is -2.14. The highest BCUT2D eigenvalue weighted by molar-refractivity contribution is 7.15. The van der Waals surface area contributed by atoms with E-state index in [2.05, 4.69) is 4.98 Å². The van der Waals surface area contributed by atoms with Gasteiger partial charge >= 0.3 is 5.97 Å². The summed E-state index contributed by atoms with van der Waals surface area (Å²) in [7, 11) is 0. The van der Waals surface area contributed by atoms with Crippen molar-refractivity contribution in [3.05, 3.63) is 40.2 Å². The first kappa shape index (κ1) is 14.2. The van der Waals surface area contributed by atoms with Crippen molar-refractivity contribution in [1.29, 1.82) is 0 Å². The number of carbonyl (C=O) groups excluding carboxylic acids is 1. The molecular weight excluding hydrogens is 289 g/mol. The maximum Gasteiger partial charge on any atom is 0.315 e. The van der Waals surface area contributed by atoms with Crippen LogP contribution in [-0.4, -0.2) is 17.6 Å². The standard InChI is InChI=1S/C16H16FNO2S/c1-3-20-16(19)11-6-7-13-14(11)18-15(21-13)12-8-10(17)5-4-9(12)2/h4-5,8,11H,3,6-7H2,1-2H3. The van der Waals surface area contributed by atoms with Crippen LogP contribution in [0.4, 0.5) is 4.39 Å². The number of rotatable bonds is 3. The Bertz CT molecular complexity index is 696. The monoisotopic (exact) mass is 305 g/mol. The molecule has 0 radical (unpaired) electrons. The van der Waals surface area contributed by atoms with Gasteiger partial charge in [0.25, 0.3) is 0 Å². The minimum absolute atomic E-state index is 0.205. The van der Waals surface area contributed by atoms with E-state index in [1.165, 1.54) is 12.1 Å². The Morgan fingerprint density at radius 1 is 1.52 bits per heavy atom. The molecular formula is C16H16FNO2S. The molecule has 3 nitrogen and oxygen atoms in total. The van der Waals surface area contributed by atoms with E-state index in [9.17, 15) is 9.18 Å². The van der Waals surface area contributed by atoms with Crippen molar-refractivity contribution in [3.8, 4) is 10.6 Å². The van der Waals surface area contributed by atoms with Crippen LogP contribution in [0.5, 0.6) is 0 Å². The molecule has 0 aliphatic heterocycles. The normalized spacial score (nSPS) is 16.8. The van der Waals surface area contributed by atoms with Crippen LogP contribution < -0.4 is 0 Å². The highest BCUT2D eigenvalue weighted by Crippen LogP contribution is 2.41. The summed E-state index contributed by atoms with van der Waals surface area (Å²) in [5.74, 6) is -0.740. The van der Waals surface area contributed by atoms with E-state index in [0.29, 0.717) is 6.61 Å². The third-order valence-electron chi connectivity index (χ3n) is 3.72. The van der Waals surface area contributed by atoms with Gasteiger partial charge in [0.1, 0.15) is 16.7 Å². The van der Waals surface area contributed by atoms with Crippen LogP contribution in [-0.2, 0) is 16.0 Å². The summed E-state index contributed by atoms with van der Waals surface area (Å²) in [6.45, 7) is 4.12. The van der Waals surface area contributed by atoms with Crippen LogP contribution in [0, 0.1) is 12.7 Å². The molecule has 1 aromatic heterocycles. The zero-order valence-electron chi connectivity index (χ0n) is 12.0. The number of esters is 1. The number of benzene rings is 1. The molecule has 0 spiro atoms. The third-order valence-corrected chi connectivity index (χ3v) is 4.88. The Hall–Kier alpha value is -1.75. The fraction of sp³-hybridized carbons (Fsp3) is 0.375. The Morgan fingerprint density at radius 3 is 3.10 bits per heavy atom. The first-order valence-electron chi connectivity index (χ1n) is 7.03. The quantitative estimate of drug-likeness (QED) is 0.809. The predicted molar refractivity (Wildman–Crippen MR) is 79.9 cm³/mol. The molecule has 0 fully saturated rings. The Labute approximate surface area is 126 Å². The molecule has 1 atom stereocenters. The highest BCUT2D eigenvalue weighted by Gasteiger charge is 2.33. The fourth-order valence-corrected chi connectivity index (χ4v) is 3.86. The molecule has 0 bridgehead atoms. The first-order chi connectivity index (χ1) is 10.1. The van der Waals surface area contributed by atoms with E-state index in [1.807, 2.05) is 6.92 Å². The topological polar surface area (TPSA) is 39.2 Å². The third kappa shape index (κ3) is 2.58. The van der Waals surface area contributed by atoms with Crippen molar-refractivity contribution >= 4 is 17.3 Å². The van der Waals surface area contributed by atoms with Crippen molar-refractivity contribution in [2.45, 2.75) is 32.6 Å². The smallest absolute Gasteiger partial charge is 0.315 e. The summed E-state index contributed by atoms with van der Waals surface area (Å²) in [4.78, 5) is 17.7. The first-order valence-corrected chi connectivity index (χ1v) is 7.84. The molecule has 110 valence electrons. The average molecular weight is 305 g/mol. The molecule has 1 heterocycles. The number of halogens is 1. The average Bonchev–Trinajstić information content (AvgIpc) is 3.01. The minimum atomic E-state index is -0.270. The largest absolute Gasteiger partial charge is 0.465 e. The summed E-state index contributed by atoms with van der Waals surface area (Å²) >= 11 is 1.55. The number of hydrogen-bond acceptors (Lipinski definition) is 4. The zero-order chi connectivity index (χ0) is 15.0. The van der Waals surface area contributed by atoms with Gasteiger partial charge in [-0.15, -0.1) is 11.3 Å². The Kier molecular flexibility index (Phi) is 3.76. The molecule has 0 saturated carbocycles. The van der Waals surface area contributed by atoms with Gasteiger partial charge < -0.3 is 4.74 Å². The van der Waals surface area contributed by atoms with Crippen LogP contribution in [0.3, 0.4) is 0 Å². The molecule has 3 rings (SSSR count). The van der Waals surface area contributed by atoms with Crippen LogP contribution in [0.1, 0.15) is 35.4 Å². The molecule has 1 aliphatic carbocycles. The van der Waals surface area contributed by atoms with E-state index in [1.54, 1.807) is 24.3 Å². The van der Waals surface area contributed by atoms with Gasteiger partial charge in [0, 0.05) is 10.4 Å². The van der Waals surface area contributed by atoms with E-state index < -0.39 is 0 Å². The van der Waals surface area contributed by atoms with Crippen LogP contribution in [0.25, 0.3) is 10.6 Å². The van der Waals surface area contributed by atoms with E-state index in [0.717, 1.165) is 39.5 Å². The molecule has 0 amide bonds. The number of aryl methyl sites for hydroxylation is 2. The van der Waals surface area contributed by atoms with E-state index in [-0.39, 0.29) is 17.7 Å². The summed E-state index contributed by atoms with van der Waals surface area (Å²) in [6, 6.07) is 4.70. The van der Waals surface area contributed by atoms with Gasteiger partial charge in [0.2, 0.25) is 0 Å². The second-order valence-electron chi connectivity index (χ2n) is 5.13. The number of nitrogens with zero attached hydrogens (tertiary/aromatic N) is 1. The number of ether oxygens (including phenoxy) is 1. The highest BCUT2D eigenvalue weighted by atomic mass is 32.1. The molecule has 0 saturated heterocycles. The summed E-state index contributed by atoms with van der Waals surface area (Å²) in [6.07, 6.45) is 1.60. The maximum atomic E-state index is 13.4. The minimum Gasteiger partial charge on any atom is -0.465 e. The lowest BCUT2D eigenvalue weighted by Gasteiger charge is -2.08. The van der Waals surface area contributed by atoms with Crippen LogP contribution in [0.2, 0.25) is 0 Å². The van der Waals surface area contributed by atoms with Gasteiger partial charge in [-0.05, 0) is 44.4 Å². The summed E-state index contributed by atoms with van der Waals surface area (Å²) in [5, 5.41) is 0.783. The summed E-state index contributed by atoms with van der Waals surface area (Å²) < 4.78 is 18.6. The van der Waals surface area contributed by atoms with Gasteiger partial charge in [-0.3, -0.25) is 4.79 Å². The number of fused-ring (bicyclic) bond motifs is 1. The molecule has 2 aromatic rings. The van der Waals surface area contributed by atoms with Gasteiger partial charge in [-0.25, -0.2) is 9.37 Å². The number of thiazole rings is 1. The molecule has 1 unspecified atom stereocenters. The lowest BCUT2D eigenvalue weighted by molar-refractivity contribution is -0.145. The fourth-order valence-electron chi connectivity index (χ4n) is 2.64. The van der Waals surface area contributed by atoms with Crippen molar-refractivity contribution in [1.82, 2.24) is 4.98 Å². The maximum absolute atomic E-state index is 13.4. The SMILES string of the molecule is CCOC(=O)C1CCc2sc(-c3cc(F)ccc3C)nc21. The second-order valence-corrected chi connectivity index (χ2v) is 6.21. The number of carbonyl (C=O) groups is 1. The van der Waals surface area contributed by atoms with Gasteiger partial charge in [0.15, 0.2) is 0 Å².